The zero-order valence-electron chi connectivity index (χ0n) is 16.1. The monoisotopic (exact) mass is 404 g/mol. The minimum absolute atomic E-state index is 0.0895. The summed E-state index contributed by atoms with van der Waals surface area (Å²) >= 11 is 5.72. The fourth-order valence-electron chi connectivity index (χ4n) is 4.66. The lowest BCUT2D eigenvalue weighted by Crippen LogP contribution is -2.29. The van der Waals surface area contributed by atoms with Gasteiger partial charge in [-0.2, -0.15) is 0 Å². The normalized spacial score (nSPS) is 22.2. The SMILES string of the molecule is Oc1ccccc1N1C(=S)N[C@H](c2ccccn2)[C@H]1c1ccn(C2CCCC2)c1. The summed E-state index contributed by atoms with van der Waals surface area (Å²) in [7, 11) is 0. The smallest absolute Gasteiger partial charge is 0.174 e. The van der Waals surface area contributed by atoms with Gasteiger partial charge in [0.25, 0.3) is 0 Å². The van der Waals surface area contributed by atoms with Gasteiger partial charge in [0, 0.05) is 24.6 Å². The Bertz CT molecular complexity index is 1010. The highest BCUT2D eigenvalue weighted by Gasteiger charge is 2.42. The van der Waals surface area contributed by atoms with Crippen molar-refractivity contribution in [2.75, 3.05) is 4.90 Å². The Morgan fingerprint density at radius 1 is 1.03 bits per heavy atom. The number of aromatic nitrogens is 2. The van der Waals surface area contributed by atoms with Crippen LogP contribution in [0.25, 0.3) is 0 Å². The number of hydrogen-bond donors (Lipinski definition) is 2. The van der Waals surface area contributed by atoms with Crippen LogP contribution in [0.3, 0.4) is 0 Å². The van der Waals surface area contributed by atoms with E-state index >= 15 is 0 Å². The molecule has 0 amide bonds. The van der Waals surface area contributed by atoms with Crippen molar-refractivity contribution in [3.63, 3.8) is 0 Å². The standard InChI is InChI=1S/C23H24N4OS/c28-20-11-4-3-10-19(20)27-22(16-12-14-26(15-16)17-7-1-2-8-17)21(25-23(27)29)18-9-5-6-13-24-18/h3-6,9-15,17,21-22,28H,1-2,7-8H2,(H,25,29)/t21-,22-/m1/s1. The van der Waals surface area contributed by atoms with Crippen molar-refractivity contribution < 1.29 is 5.11 Å². The summed E-state index contributed by atoms with van der Waals surface area (Å²) in [5.41, 5.74) is 2.82. The van der Waals surface area contributed by atoms with Crippen LogP contribution in [0, 0.1) is 0 Å². The molecule has 1 saturated carbocycles. The van der Waals surface area contributed by atoms with Crippen LogP contribution in [0.4, 0.5) is 5.69 Å². The van der Waals surface area contributed by atoms with Gasteiger partial charge in [0.15, 0.2) is 5.11 Å². The Kier molecular flexibility index (Phi) is 4.72. The van der Waals surface area contributed by atoms with Gasteiger partial charge in [-0.15, -0.1) is 0 Å². The first-order valence-corrected chi connectivity index (χ1v) is 10.6. The first kappa shape index (κ1) is 18.2. The van der Waals surface area contributed by atoms with E-state index < -0.39 is 0 Å². The summed E-state index contributed by atoms with van der Waals surface area (Å²) in [5, 5.41) is 14.6. The third kappa shape index (κ3) is 3.27. The first-order chi connectivity index (χ1) is 14.2. The first-order valence-electron chi connectivity index (χ1n) is 10.2. The van der Waals surface area contributed by atoms with Crippen molar-refractivity contribution >= 4 is 23.0 Å². The van der Waals surface area contributed by atoms with Gasteiger partial charge < -0.3 is 19.9 Å². The number of hydrogen-bond acceptors (Lipinski definition) is 3. The van der Waals surface area contributed by atoms with E-state index in [-0.39, 0.29) is 17.8 Å². The van der Waals surface area contributed by atoms with Crippen molar-refractivity contribution in [2.45, 2.75) is 43.8 Å². The highest BCUT2D eigenvalue weighted by molar-refractivity contribution is 7.80. The minimum Gasteiger partial charge on any atom is -0.506 e. The van der Waals surface area contributed by atoms with E-state index in [1.807, 2.05) is 47.5 Å². The Hall–Kier alpha value is -2.86. The van der Waals surface area contributed by atoms with Crippen molar-refractivity contribution in [2.24, 2.45) is 0 Å². The summed E-state index contributed by atoms with van der Waals surface area (Å²) in [5.74, 6) is 0.221. The summed E-state index contributed by atoms with van der Waals surface area (Å²) in [6.45, 7) is 0. The van der Waals surface area contributed by atoms with Gasteiger partial charge in [-0.3, -0.25) is 4.98 Å². The number of phenolic OH excluding ortho intramolecular Hbond substituents is 1. The van der Waals surface area contributed by atoms with E-state index in [1.54, 1.807) is 6.07 Å². The quantitative estimate of drug-likeness (QED) is 0.607. The zero-order chi connectivity index (χ0) is 19.8. The van der Waals surface area contributed by atoms with Gasteiger partial charge in [-0.05, 0) is 61.0 Å². The molecule has 3 heterocycles. The number of aromatic hydroxyl groups is 1. The molecule has 2 N–H and O–H groups in total. The second kappa shape index (κ2) is 7.52. The number of nitrogens with one attached hydrogen (secondary N) is 1. The number of pyridine rings is 1. The largest absolute Gasteiger partial charge is 0.506 e. The molecule has 1 aromatic carbocycles. The van der Waals surface area contributed by atoms with E-state index in [9.17, 15) is 5.11 Å². The molecule has 0 bridgehead atoms. The van der Waals surface area contributed by atoms with Gasteiger partial charge in [0.05, 0.1) is 23.5 Å². The van der Waals surface area contributed by atoms with E-state index in [2.05, 4.69) is 33.3 Å². The molecule has 0 spiro atoms. The fourth-order valence-corrected chi connectivity index (χ4v) is 4.99. The molecule has 1 saturated heterocycles. The zero-order valence-corrected chi connectivity index (χ0v) is 16.9. The molecular formula is C23H24N4OS. The molecule has 2 atom stereocenters. The molecule has 0 radical (unpaired) electrons. The number of anilines is 1. The number of nitrogens with zero attached hydrogens (tertiary/aromatic N) is 3. The maximum Gasteiger partial charge on any atom is 0.174 e. The molecule has 3 aromatic rings. The van der Waals surface area contributed by atoms with Crippen molar-refractivity contribution in [1.29, 1.82) is 0 Å². The summed E-state index contributed by atoms with van der Waals surface area (Å²) in [4.78, 5) is 6.61. The topological polar surface area (TPSA) is 53.3 Å². The second-order valence-corrected chi connectivity index (χ2v) is 8.20. The highest BCUT2D eigenvalue weighted by Crippen LogP contribution is 2.44. The van der Waals surface area contributed by atoms with Crippen molar-refractivity contribution in [3.05, 3.63) is 78.4 Å². The molecule has 6 heteroatoms. The number of para-hydroxylation sites is 2. The number of rotatable bonds is 4. The van der Waals surface area contributed by atoms with Gasteiger partial charge >= 0.3 is 0 Å². The predicted octanol–water partition coefficient (Wildman–Crippen LogP) is 4.88. The summed E-state index contributed by atoms with van der Waals surface area (Å²) in [6, 6.07) is 15.9. The Morgan fingerprint density at radius 2 is 1.83 bits per heavy atom. The molecule has 5 nitrogen and oxygen atoms in total. The fraction of sp³-hybridized carbons (Fsp3) is 0.304. The molecule has 0 unspecified atom stereocenters. The van der Waals surface area contributed by atoms with Crippen LogP contribution in [-0.2, 0) is 0 Å². The molecule has 2 fully saturated rings. The molecule has 2 aliphatic rings. The van der Waals surface area contributed by atoms with Crippen molar-refractivity contribution in [1.82, 2.24) is 14.9 Å². The van der Waals surface area contributed by atoms with Crippen LogP contribution in [-0.4, -0.2) is 19.8 Å². The number of benzene rings is 1. The maximum absolute atomic E-state index is 10.5. The molecule has 1 aliphatic heterocycles. The van der Waals surface area contributed by atoms with Crippen molar-refractivity contribution in [3.8, 4) is 5.75 Å². The molecule has 29 heavy (non-hydrogen) atoms. The summed E-state index contributed by atoms with van der Waals surface area (Å²) in [6.07, 6.45) is 11.3. The van der Waals surface area contributed by atoms with Crippen LogP contribution in [0.5, 0.6) is 5.75 Å². The molecule has 5 rings (SSSR count). The Balaban J connectivity index is 1.59. The van der Waals surface area contributed by atoms with E-state index in [4.69, 9.17) is 12.2 Å². The lowest BCUT2D eigenvalue weighted by molar-refractivity contribution is 0.472. The lowest BCUT2D eigenvalue weighted by Gasteiger charge is -2.27. The third-order valence-electron chi connectivity index (χ3n) is 6.06. The lowest BCUT2D eigenvalue weighted by atomic mass is 9.98. The van der Waals surface area contributed by atoms with Crippen LogP contribution < -0.4 is 10.2 Å². The second-order valence-electron chi connectivity index (χ2n) is 7.82. The van der Waals surface area contributed by atoms with Gasteiger partial charge in [-0.25, -0.2) is 0 Å². The van der Waals surface area contributed by atoms with Gasteiger partial charge in [-0.1, -0.05) is 31.0 Å². The van der Waals surface area contributed by atoms with Crippen LogP contribution in [0.2, 0.25) is 0 Å². The molecule has 2 aromatic heterocycles. The van der Waals surface area contributed by atoms with E-state index in [1.165, 1.54) is 31.2 Å². The molecule has 148 valence electrons. The number of thiocarbonyl (C=S) groups is 1. The Morgan fingerprint density at radius 3 is 2.59 bits per heavy atom. The molecular weight excluding hydrogens is 380 g/mol. The van der Waals surface area contributed by atoms with Gasteiger partial charge in [0.1, 0.15) is 5.75 Å². The Labute approximate surface area is 176 Å². The predicted molar refractivity (Wildman–Crippen MR) is 118 cm³/mol. The van der Waals surface area contributed by atoms with E-state index in [0.29, 0.717) is 16.8 Å². The van der Waals surface area contributed by atoms with Gasteiger partial charge in [0.2, 0.25) is 0 Å². The maximum atomic E-state index is 10.5. The third-order valence-corrected chi connectivity index (χ3v) is 6.38. The van der Waals surface area contributed by atoms with Crippen LogP contribution in [0.15, 0.2) is 67.1 Å². The summed E-state index contributed by atoms with van der Waals surface area (Å²) < 4.78 is 2.35. The number of phenols is 1. The average molecular weight is 405 g/mol. The van der Waals surface area contributed by atoms with Crippen LogP contribution >= 0.6 is 12.2 Å². The average Bonchev–Trinajstić information content (AvgIpc) is 3.48. The highest BCUT2D eigenvalue weighted by atomic mass is 32.1. The molecule has 1 aliphatic carbocycles. The minimum atomic E-state index is -0.0947. The van der Waals surface area contributed by atoms with E-state index in [0.717, 1.165) is 5.69 Å². The van der Waals surface area contributed by atoms with Crippen LogP contribution in [0.1, 0.15) is 55.1 Å².